The van der Waals surface area contributed by atoms with Crippen LogP contribution in [0, 0.1) is 0 Å². The summed E-state index contributed by atoms with van der Waals surface area (Å²) in [7, 11) is 0. The third kappa shape index (κ3) is 13.9. The van der Waals surface area contributed by atoms with Crippen LogP contribution in [0.3, 0.4) is 0 Å². The molecule has 0 radical (unpaired) electrons. The van der Waals surface area contributed by atoms with Gasteiger partial charge in [0.25, 0.3) is 0 Å². The van der Waals surface area contributed by atoms with Crippen molar-refractivity contribution in [2.24, 2.45) is 0 Å². The molecule has 0 aliphatic carbocycles. The van der Waals surface area contributed by atoms with Crippen LogP contribution in [0.25, 0.3) is 0 Å². The van der Waals surface area contributed by atoms with Crippen molar-refractivity contribution >= 4 is 0 Å². The third-order valence-electron chi connectivity index (χ3n) is 1.85. The zero-order chi connectivity index (χ0) is 11.2. The highest BCUT2D eigenvalue weighted by Gasteiger charge is 1.91. The second-order valence-electron chi connectivity index (χ2n) is 3.54. The summed E-state index contributed by atoms with van der Waals surface area (Å²) in [6.07, 6.45) is 4.18. The zero-order valence-corrected chi connectivity index (χ0v) is 10.3. The van der Waals surface area contributed by atoms with Gasteiger partial charge < -0.3 is 14.2 Å². The van der Waals surface area contributed by atoms with Gasteiger partial charge in [0.05, 0.1) is 0 Å². The maximum absolute atomic E-state index is 5.43. The van der Waals surface area contributed by atoms with Crippen LogP contribution in [-0.2, 0) is 14.2 Å². The largest absolute Gasteiger partial charge is 0.381 e. The van der Waals surface area contributed by atoms with Gasteiger partial charge >= 0.3 is 0 Å². The van der Waals surface area contributed by atoms with Crippen molar-refractivity contribution in [1.82, 2.24) is 0 Å². The fraction of sp³-hybridized carbons (Fsp3) is 1.00. The van der Waals surface area contributed by atoms with Gasteiger partial charge in [-0.3, -0.25) is 0 Å². The van der Waals surface area contributed by atoms with E-state index in [0.717, 1.165) is 65.3 Å². The minimum absolute atomic E-state index is 0.803. The van der Waals surface area contributed by atoms with E-state index in [9.17, 15) is 0 Å². The quantitative estimate of drug-likeness (QED) is 0.471. The molecule has 0 aliphatic heterocycles. The van der Waals surface area contributed by atoms with E-state index in [1.807, 2.05) is 0 Å². The summed E-state index contributed by atoms with van der Waals surface area (Å²) in [4.78, 5) is 0. The smallest absolute Gasteiger partial charge is 0.0488 e. The van der Waals surface area contributed by atoms with Gasteiger partial charge in [0.1, 0.15) is 0 Å². The molecule has 0 bridgehead atoms. The van der Waals surface area contributed by atoms with Crippen molar-refractivity contribution in [3.63, 3.8) is 0 Å². The molecule has 0 atom stereocenters. The van der Waals surface area contributed by atoms with E-state index in [1.165, 1.54) is 0 Å². The Hall–Kier alpha value is -0.120. The van der Waals surface area contributed by atoms with Crippen LogP contribution in [-0.4, -0.2) is 39.6 Å². The topological polar surface area (TPSA) is 27.7 Å². The van der Waals surface area contributed by atoms with Crippen molar-refractivity contribution in [1.29, 1.82) is 0 Å². The summed E-state index contributed by atoms with van der Waals surface area (Å²) in [5.41, 5.74) is 0. The molecule has 0 saturated carbocycles. The van der Waals surface area contributed by atoms with Crippen LogP contribution >= 0.6 is 0 Å². The highest BCUT2D eigenvalue weighted by molar-refractivity contribution is 4.38. The van der Waals surface area contributed by atoms with Gasteiger partial charge in [-0.25, -0.2) is 0 Å². The van der Waals surface area contributed by atoms with E-state index in [-0.39, 0.29) is 0 Å². The van der Waals surface area contributed by atoms with E-state index in [0.29, 0.717) is 0 Å². The van der Waals surface area contributed by atoms with Crippen LogP contribution in [0.2, 0.25) is 0 Å². The van der Waals surface area contributed by atoms with Crippen molar-refractivity contribution in [3.8, 4) is 0 Å². The van der Waals surface area contributed by atoms with E-state index in [2.05, 4.69) is 13.8 Å². The Labute approximate surface area is 94.1 Å². The molecule has 0 heterocycles. The van der Waals surface area contributed by atoms with Gasteiger partial charge in [-0.2, -0.15) is 0 Å². The molecule has 92 valence electrons. The minimum atomic E-state index is 0.803. The molecule has 0 saturated heterocycles. The van der Waals surface area contributed by atoms with Gasteiger partial charge in [0, 0.05) is 39.6 Å². The number of rotatable bonds is 12. The molecule has 0 N–H and O–H groups in total. The molecular formula is C12H26O3. The van der Waals surface area contributed by atoms with Gasteiger partial charge in [0.2, 0.25) is 0 Å². The van der Waals surface area contributed by atoms with Crippen molar-refractivity contribution in [2.45, 2.75) is 39.5 Å². The van der Waals surface area contributed by atoms with E-state index < -0.39 is 0 Å². The van der Waals surface area contributed by atoms with Gasteiger partial charge in [0.15, 0.2) is 0 Å². The molecule has 0 spiro atoms. The summed E-state index contributed by atoms with van der Waals surface area (Å²) in [6.45, 7) is 9.21. The minimum Gasteiger partial charge on any atom is -0.381 e. The van der Waals surface area contributed by atoms with E-state index in [4.69, 9.17) is 14.2 Å². The summed E-state index contributed by atoms with van der Waals surface area (Å²) in [5.74, 6) is 0. The van der Waals surface area contributed by atoms with Crippen molar-refractivity contribution in [2.75, 3.05) is 39.6 Å². The Morgan fingerprint density at radius 1 is 0.533 bits per heavy atom. The van der Waals surface area contributed by atoms with Gasteiger partial charge in [-0.1, -0.05) is 13.8 Å². The molecule has 15 heavy (non-hydrogen) atoms. The first kappa shape index (κ1) is 14.9. The molecule has 0 fully saturated rings. The predicted molar refractivity (Wildman–Crippen MR) is 62.3 cm³/mol. The van der Waals surface area contributed by atoms with E-state index >= 15 is 0 Å². The SMILES string of the molecule is CCCOCCCOCCCOCCC. The predicted octanol–water partition coefficient (Wildman–Crippen LogP) is 2.64. The summed E-state index contributed by atoms with van der Waals surface area (Å²) < 4.78 is 16.1. The van der Waals surface area contributed by atoms with Crippen LogP contribution in [0.5, 0.6) is 0 Å². The van der Waals surface area contributed by atoms with Crippen molar-refractivity contribution < 1.29 is 14.2 Å². The molecule has 3 heteroatoms. The molecule has 0 aromatic rings. The Morgan fingerprint density at radius 3 is 1.20 bits per heavy atom. The number of hydrogen-bond acceptors (Lipinski definition) is 3. The number of ether oxygens (including phenoxy) is 3. The molecule has 3 nitrogen and oxygen atoms in total. The molecule has 0 amide bonds. The third-order valence-corrected chi connectivity index (χ3v) is 1.85. The average Bonchev–Trinajstić information content (AvgIpc) is 2.26. The molecule has 0 aromatic carbocycles. The Kier molecular flexibility index (Phi) is 13.8. The molecule has 0 rings (SSSR count). The van der Waals surface area contributed by atoms with E-state index in [1.54, 1.807) is 0 Å². The lowest BCUT2D eigenvalue weighted by atomic mass is 10.4. The normalized spacial score (nSPS) is 10.8. The molecule has 0 aromatic heterocycles. The van der Waals surface area contributed by atoms with Crippen molar-refractivity contribution in [3.05, 3.63) is 0 Å². The van der Waals surface area contributed by atoms with Gasteiger partial charge in [-0.15, -0.1) is 0 Å². The second-order valence-corrected chi connectivity index (χ2v) is 3.54. The fourth-order valence-corrected chi connectivity index (χ4v) is 1.12. The Bertz CT molecular complexity index is 95.0. The highest BCUT2D eigenvalue weighted by Crippen LogP contribution is 1.90. The maximum Gasteiger partial charge on any atom is 0.0488 e. The first-order valence-electron chi connectivity index (χ1n) is 6.15. The zero-order valence-electron chi connectivity index (χ0n) is 10.3. The highest BCUT2D eigenvalue weighted by atomic mass is 16.5. The van der Waals surface area contributed by atoms with Crippen LogP contribution in [0.15, 0.2) is 0 Å². The Balaban J connectivity index is 2.81. The lowest BCUT2D eigenvalue weighted by molar-refractivity contribution is 0.0636. The monoisotopic (exact) mass is 218 g/mol. The number of hydrogen-bond donors (Lipinski definition) is 0. The standard InChI is InChI=1S/C12H26O3/c1-3-7-13-9-5-11-15-12-6-10-14-8-4-2/h3-12H2,1-2H3. The van der Waals surface area contributed by atoms with Gasteiger partial charge in [-0.05, 0) is 25.7 Å². The second kappa shape index (κ2) is 13.9. The summed E-state index contributed by atoms with van der Waals surface area (Å²) in [6, 6.07) is 0. The van der Waals surface area contributed by atoms with Crippen LogP contribution in [0.1, 0.15) is 39.5 Å². The van der Waals surface area contributed by atoms with Crippen LogP contribution < -0.4 is 0 Å². The first-order chi connectivity index (χ1) is 7.41. The molecule has 0 unspecified atom stereocenters. The Morgan fingerprint density at radius 2 is 0.867 bits per heavy atom. The first-order valence-corrected chi connectivity index (χ1v) is 6.15. The lowest BCUT2D eigenvalue weighted by Crippen LogP contribution is -2.05. The molecular weight excluding hydrogens is 192 g/mol. The fourth-order valence-electron chi connectivity index (χ4n) is 1.12. The summed E-state index contributed by atoms with van der Waals surface area (Å²) in [5, 5.41) is 0. The lowest BCUT2D eigenvalue weighted by Gasteiger charge is -2.05. The molecule has 0 aliphatic rings. The summed E-state index contributed by atoms with van der Waals surface area (Å²) >= 11 is 0. The van der Waals surface area contributed by atoms with Crippen LogP contribution in [0.4, 0.5) is 0 Å². The maximum atomic E-state index is 5.43. The average molecular weight is 218 g/mol.